The summed E-state index contributed by atoms with van der Waals surface area (Å²) in [4.78, 5) is 11.6. The van der Waals surface area contributed by atoms with Crippen molar-refractivity contribution in [3.63, 3.8) is 0 Å². The molecular weight excluding hydrogens is 329 g/mol. The summed E-state index contributed by atoms with van der Waals surface area (Å²) in [7, 11) is 0. The molecule has 1 amide bonds. The summed E-state index contributed by atoms with van der Waals surface area (Å²) in [6.07, 6.45) is 0.824. The van der Waals surface area contributed by atoms with Crippen LogP contribution >= 0.6 is 22.6 Å². The van der Waals surface area contributed by atoms with Crippen molar-refractivity contribution >= 4 is 28.5 Å². The largest absolute Gasteiger partial charge is 0.445 e. The van der Waals surface area contributed by atoms with E-state index in [1.807, 2.05) is 52.9 Å². The van der Waals surface area contributed by atoms with Gasteiger partial charge in [0, 0.05) is 6.54 Å². The zero-order chi connectivity index (χ0) is 12.1. The van der Waals surface area contributed by atoms with E-state index in [4.69, 9.17) is 4.42 Å². The van der Waals surface area contributed by atoms with Crippen LogP contribution in [0, 0.1) is 3.77 Å². The van der Waals surface area contributed by atoms with Crippen LogP contribution in [0.5, 0.6) is 0 Å². The van der Waals surface area contributed by atoms with Gasteiger partial charge in [-0.3, -0.25) is 4.79 Å². The van der Waals surface area contributed by atoms with Crippen LogP contribution in [0.3, 0.4) is 0 Å². The summed E-state index contributed by atoms with van der Waals surface area (Å²) in [5.41, 5.74) is 1.21. The maximum atomic E-state index is 11.6. The number of carbonyl (C=O) groups excluding carboxylic acids is 1. The van der Waals surface area contributed by atoms with Crippen LogP contribution in [-0.2, 0) is 6.42 Å². The molecule has 1 aromatic heterocycles. The Morgan fingerprint density at radius 1 is 1.18 bits per heavy atom. The average Bonchev–Trinajstić information content (AvgIpc) is 2.77. The predicted molar refractivity (Wildman–Crippen MR) is 73.9 cm³/mol. The van der Waals surface area contributed by atoms with Crippen molar-refractivity contribution in [1.82, 2.24) is 5.32 Å². The van der Waals surface area contributed by atoms with E-state index in [0.29, 0.717) is 12.3 Å². The number of halogens is 1. The molecule has 0 atom stereocenters. The minimum Gasteiger partial charge on any atom is -0.445 e. The summed E-state index contributed by atoms with van der Waals surface area (Å²) >= 11 is 2.03. The van der Waals surface area contributed by atoms with Gasteiger partial charge in [0.15, 0.2) is 9.53 Å². The monoisotopic (exact) mass is 341 g/mol. The van der Waals surface area contributed by atoms with Gasteiger partial charge in [-0.05, 0) is 46.7 Å². The van der Waals surface area contributed by atoms with E-state index in [0.717, 1.165) is 10.2 Å². The molecule has 2 aromatic rings. The van der Waals surface area contributed by atoms with Crippen molar-refractivity contribution in [3.05, 3.63) is 57.6 Å². The van der Waals surface area contributed by atoms with E-state index in [2.05, 4.69) is 5.32 Å². The summed E-state index contributed by atoms with van der Waals surface area (Å²) < 4.78 is 5.94. The maximum absolute atomic E-state index is 11.6. The van der Waals surface area contributed by atoms with E-state index in [1.165, 1.54) is 5.56 Å². The van der Waals surface area contributed by atoms with Gasteiger partial charge in [-0.25, -0.2) is 0 Å². The first-order valence-electron chi connectivity index (χ1n) is 5.33. The lowest BCUT2D eigenvalue weighted by Gasteiger charge is -2.03. The minimum atomic E-state index is -0.163. The molecule has 1 N–H and O–H groups in total. The molecule has 0 saturated heterocycles. The average molecular weight is 341 g/mol. The summed E-state index contributed by atoms with van der Waals surface area (Å²) in [6.45, 7) is 0.611. The van der Waals surface area contributed by atoms with E-state index in [9.17, 15) is 4.79 Å². The van der Waals surface area contributed by atoms with Gasteiger partial charge in [0.05, 0.1) is 0 Å². The lowest BCUT2D eigenvalue weighted by Crippen LogP contribution is -2.25. The molecule has 0 radical (unpaired) electrons. The highest BCUT2D eigenvalue weighted by Crippen LogP contribution is 2.09. The van der Waals surface area contributed by atoms with Crippen molar-refractivity contribution in [2.24, 2.45) is 0 Å². The lowest BCUT2D eigenvalue weighted by molar-refractivity contribution is 0.0925. The highest BCUT2D eigenvalue weighted by atomic mass is 127. The zero-order valence-electron chi connectivity index (χ0n) is 9.15. The maximum Gasteiger partial charge on any atom is 0.287 e. The number of hydrogen-bond donors (Lipinski definition) is 1. The van der Waals surface area contributed by atoms with Crippen molar-refractivity contribution in [2.45, 2.75) is 6.42 Å². The minimum absolute atomic E-state index is 0.163. The predicted octanol–water partition coefficient (Wildman–Crippen LogP) is 2.86. The first kappa shape index (κ1) is 12.2. The van der Waals surface area contributed by atoms with Gasteiger partial charge in [-0.2, -0.15) is 0 Å². The first-order valence-corrected chi connectivity index (χ1v) is 6.41. The van der Waals surface area contributed by atoms with E-state index >= 15 is 0 Å². The van der Waals surface area contributed by atoms with Crippen LogP contribution in [-0.4, -0.2) is 12.5 Å². The standard InChI is InChI=1S/C13H12INO2/c14-12-7-6-11(17-12)13(16)15-9-8-10-4-2-1-3-5-10/h1-7H,8-9H2,(H,15,16). The fourth-order valence-electron chi connectivity index (χ4n) is 1.49. The van der Waals surface area contributed by atoms with Crippen LogP contribution in [0.15, 0.2) is 46.9 Å². The molecule has 0 bridgehead atoms. The Morgan fingerprint density at radius 3 is 2.59 bits per heavy atom. The van der Waals surface area contributed by atoms with Gasteiger partial charge >= 0.3 is 0 Å². The molecule has 17 heavy (non-hydrogen) atoms. The molecule has 0 saturated carbocycles. The summed E-state index contributed by atoms with van der Waals surface area (Å²) in [5.74, 6) is 0.200. The fraction of sp³-hybridized carbons (Fsp3) is 0.154. The highest BCUT2D eigenvalue weighted by molar-refractivity contribution is 14.1. The van der Waals surface area contributed by atoms with E-state index < -0.39 is 0 Å². The van der Waals surface area contributed by atoms with Gasteiger partial charge in [0.25, 0.3) is 5.91 Å². The molecule has 0 fully saturated rings. The number of furan rings is 1. The lowest BCUT2D eigenvalue weighted by atomic mass is 10.1. The summed E-state index contributed by atoms with van der Waals surface area (Å²) in [5, 5.41) is 2.82. The smallest absolute Gasteiger partial charge is 0.287 e. The third kappa shape index (κ3) is 3.59. The number of carbonyl (C=O) groups is 1. The van der Waals surface area contributed by atoms with Crippen LogP contribution in [0.1, 0.15) is 16.1 Å². The van der Waals surface area contributed by atoms with Gasteiger partial charge < -0.3 is 9.73 Å². The van der Waals surface area contributed by atoms with Crippen molar-refractivity contribution in [1.29, 1.82) is 0 Å². The quantitative estimate of drug-likeness (QED) is 0.869. The normalized spacial score (nSPS) is 10.2. The second kappa shape index (κ2) is 5.86. The Morgan fingerprint density at radius 2 is 1.94 bits per heavy atom. The molecule has 0 aliphatic heterocycles. The Hall–Kier alpha value is -1.30. The Kier molecular flexibility index (Phi) is 4.19. The number of rotatable bonds is 4. The molecule has 1 aromatic carbocycles. The Bertz CT molecular complexity index is 493. The molecule has 0 spiro atoms. The molecule has 1 heterocycles. The molecule has 0 aliphatic carbocycles. The van der Waals surface area contributed by atoms with E-state index in [-0.39, 0.29) is 5.91 Å². The number of benzene rings is 1. The van der Waals surface area contributed by atoms with Crippen LogP contribution in [0.4, 0.5) is 0 Å². The van der Waals surface area contributed by atoms with Crippen molar-refractivity contribution in [3.8, 4) is 0 Å². The Balaban J connectivity index is 1.81. The topological polar surface area (TPSA) is 42.2 Å². The number of nitrogens with one attached hydrogen (secondary N) is 1. The van der Waals surface area contributed by atoms with E-state index in [1.54, 1.807) is 12.1 Å². The molecule has 88 valence electrons. The third-order valence-corrected chi connectivity index (χ3v) is 2.92. The zero-order valence-corrected chi connectivity index (χ0v) is 11.3. The van der Waals surface area contributed by atoms with Crippen molar-refractivity contribution < 1.29 is 9.21 Å². The Labute approximate surface area is 113 Å². The molecule has 0 unspecified atom stereocenters. The van der Waals surface area contributed by atoms with Gasteiger partial charge in [0.1, 0.15) is 0 Å². The molecule has 0 aliphatic rings. The SMILES string of the molecule is O=C(NCCc1ccccc1)c1ccc(I)o1. The van der Waals surface area contributed by atoms with Crippen LogP contribution < -0.4 is 5.32 Å². The highest BCUT2D eigenvalue weighted by Gasteiger charge is 2.08. The number of amides is 1. The second-order valence-corrected chi connectivity index (χ2v) is 4.66. The molecule has 2 rings (SSSR count). The number of hydrogen-bond acceptors (Lipinski definition) is 2. The van der Waals surface area contributed by atoms with Crippen molar-refractivity contribution in [2.75, 3.05) is 6.54 Å². The third-order valence-electron chi connectivity index (χ3n) is 2.34. The molecular formula is C13H12INO2. The second-order valence-electron chi connectivity index (χ2n) is 3.60. The van der Waals surface area contributed by atoms with Crippen LogP contribution in [0.2, 0.25) is 0 Å². The van der Waals surface area contributed by atoms with Gasteiger partial charge in [-0.1, -0.05) is 30.3 Å². The summed E-state index contributed by atoms with van der Waals surface area (Å²) in [6, 6.07) is 13.5. The van der Waals surface area contributed by atoms with Crippen LogP contribution in [0.25, 0.3) is 0 Å². The van der Waals surface area contributed by atoms with Gasteiger partial charge in [-0.15, -0.1) is 0 Å². The first-order chi connectivity index (χ1) is 8.25. The van der Waals surface area contributed by atoms with Gasteiger partial charge in [0.2, 0.25) is 0 Å². The molecule has 4 heteroatoms. The molecule has 3 nitrogen and oxygen atoms in total. The fourth-order valence-corrected chi connectivity index (χ4v) is 1.91.